The Morgan fingerprint density at radius 2 is 1.52 bits per heavy atom. The van der Waals surface area contributed by atoms with E-state index in [1.807, 2.05) is 42.5 Å². The van der Waals surface area contributed by atoms with E-state index in [0.717, 1.165) is 32.9 Å². The maximum atomic E-state index is 10.5. The number of aliphatic hydroxyl groups excluding tert-OH is 1. The number of ether oxygens (including phenoxy) is 1. The van der Waals surface area contributed by atoms with Crippen molar-refractivity contribution >= 4 is 21.5 Å². The van der Waals surface area contributed by atoms with Gasteiger partial charge in [0.05, 0.1) is 0 Å². The van der Waals surface area contributed by atoms with Gasteiger partial charge in [-0.2, -0.15) is 0 Å². The lowest BCUT2D eigenvalue weighted by Crippen LogP contribution is -2.10. The normalized spacial score (nSPS) is 12.4. The lowest BCUT2D eigenvalue weighted by atomic mass is 10.0. The molecule has 1 unspecified atom stereocenters. The van der Waals surface area contributed by atoms with E-state index in [9.17, 15) is 5.11 Å². The number of benzene rings is 4. The fraction of sp³-hybridized carbons (Fsp3) is 0.130. The summed E-state index contributed by atoms with van der Waals surface area (Å²) >= 11 is 0. The first-order chi connectivity index (χ1) is 12.2. The van der Waals surface area contributed by atoms with Crippen molar-refractivity contribution in [3.05, 3.63) is 90.0 Å². The van der Waals surface area contributed by atoms with Crippen LogP contribution in [0.5, 0.6) is 5.75 Å². The van der Waals surface area contributed by atoms with Gasteiger partial charge in [0.25, 0.3) is 0 Å². The van der Waals surface area contributed by atoms with Crippen LogP contribution in [0.1, 0.15) is 17.2 Å². The molecule has 4 aromatic rings. The molecule has 0 radical (unpaired) electrons. The van der Waals surface area contributed by atoms with E-state index in [1.165, 1.54) is 5.56 Å². The average molecular weight is 328 g/mol. The summed E-state index contributed by atoms with van der Waals surface area (Å²) in [7, 11) is 0. The van der Waals surface area contributed by atoms with Crippen LogP contribution in [0.4, 0.5) is 0 Å². The molecule has 0 heterocycles. The Bertz CT molecular complexity index is 1020. The Kier molecular flexibility index (Phi) is 4.12. The van der Waals surface area contributed by atoms with Gasteiger partial charge in [0.15, 0.2) is 0 Å². The summed E-state index contributed by atoms with van der Waals surface area (Å²) in [5.74, 6) is 0.840. The molecule has 124 valence electrons. The van der Waals surface area contributed by atoms with Crippen molar-refractivity contribution in [1.82, 2.24) is 0 Å². The van der Waals surface area contributed by atoms with Crippen molar-refractivity contribution in [2.45, 2.75) is 13.0 Å². The van der Waals surface area contributed by atoms with Gasteiger partial charge in [-0.05, 0) is 35.4 Å². The molecule has 0 amide bonds. The maximum absolute atomic E-state index is 10.5. The van der Waals surface area contributed by atoms with Gasteiger partial charge in [0, 0.05) is 10.8 Å². The van der Waals surface area contributed by atoms with Gasteiger partial charge in [-0.15, -0.1) is 0 Å². The largest absolute Gasteiger partial charge is 0.489 e. The number of hydrogen-bond acceptors (Lipinski definition) is 2. The smallest absolute Gasteiger partial charge is 0.135 e. The summed E-state index contributed by atoms with van der Waals surface area (Å²) in [6, 6.07) is 26.4. The van der Waals surface area contributed by atoms with E-state index in [-0.39, 0.29) is 6.61 Å². The molecule has 2 nitrogen and oxygen atoms in total. The zero-order chi connectivity index (χ0) is 17.2. The fourth-order valence-corrected chi connectivity index (χ4v) is 3.22. The Hall–Kier alpha value is -2.84. The predicted octanol–water partition coefficient (Wildman–Crippen LogP) is 5.41. The zero-order valence-corrected chi connectivity index (χ0v) is 14.1. The molecule has 2 heteroatoms. The summed E-state index contributed by atoms with van der Waals surface area (Å²) in [6.07, 6.45) is -0.653. The molecular weight excluding hydrogens is 308 g/mol. The van der Waals surface area contributed by atoms with Gasteiger partial charge in [-0.3, -0.25) is 0 Å². The quantitative estimate of drug-likeness (QED) is 0.507. The predicted molar refractivity (Wildman–Crippen MR) is 103 cm³/mol. The Morgan fingerprint density at radius 1 is 0.800 bits per heavy atom. The van der Waals surface area contributed by atoms with Gasteiger partial charge >= 0.3 is 0 Å². The highest BCUT2D eigenvalue weighted by atomic mass is 16.5. The molecule has 0 aliphatic heterocycles. The van der Waals surface area contributed by atoms with E-state index in [2.05, 4.69) is 43.3 Å². The summed E-state index contributed by atoms with van der Waals surface area (Å²) in [5, 5.41) is 14.9. The summed E-state index contributed by atoms with van der Waals surface area (Å²) in [5.41, 5.74) is 2.06. The summed E-state index contributed by atoms with van der Waals surface area (Å²) < 4.78 is 6.15. The molecule has 0 fully saturated rings. The lowest BCUT2D eigenvalue weighted by Gasteiger charge is -2.16. The van der Waals surface area contributed by atoms with Crippen LogP contribution in [0.2, 0.25) is 0 Å². The minimum Gasteiger partial charge on any atom is -0.489 e. The Labute approximate surface area is 147 Å². The van der Waals surface area contributed by atoms with Crippen LogP contribution in [0.25, 0.3) is 21.5 Å². The SMILES string of the molecule is Cc1ccc2cc3ccccc3c(OCC(O)c3ccccc3)c2c1. The van der Waals surface area contributed by atoms with Crippen LogP contribution in [0, 0.1) is 6.92 Å². The van der Waals surface area contributed by atoms with E-state index < -0.39 is 6.10 Å². The van der Waals surface area contributed by atoms with Gasteiger partial charge in [-0.1, -0.05) is 72.3 Å². The molecule has 0 spiro atoms. The highest BCUT2D eigenvalue weighted by molar-refractivity contribution is 6.05. The van der Waals surface area contributed by atoms with Crippen LogP contribution in [-0.4, -0.2) is 11.7 Å². The monoisotopic (exact) mass is 328 g/mol. The van der Waals surface area contributed by atoms with Crippen molar-refractivity contribution in [3.8, 4) is 5.75 Å². The van der Waals surface area contributed by atoms with Crippen LogP contribution in [0.15, 0.2) is 78.9 Å². The second-order valence-corrected chi connectivity index (χ2v) is 6.39. The van der Waals surface area contributed by atoms with Crippen molar-refractivity contribution < 1.29 is 9.84 Å². The van der Waals surface area contributed by atoms with Crippen molar-refractivity contribution in [2.75, 3.05) is 6.61 Å². The van der Waals surface area contributed by atoms with E-state index in [0.29, 0.717) is 0 Å². The zero-order valence-electron chi connectivity index (χ0n) is 14.1. The van der Waals surface area contributed by atoms with Crippen LogP contribution in [0.3, 0.4) is 0 Å². The average Bonchev–Trinajstić information content (AvgIpc) is 2.66. The summed E-state index contributed by atoms with van der Waals surface area (Å²) in [4.78, 5) is 0. The molecule has 0 bridgehead atoms. The van der Waals surface area contributed by atoms with E-state index in [4.69, 9.17) is 4.74 Å². The second-order valence-electron chi connectivity index (χ2n) is 6.39. The third kappa shape index (κ3) is 3.09. The van der Waals surface area contributed by atoms with Crippen molar-refractivity contribution in [2.24, 2.45) is 0 Å². The van der Waals surface area contributed by atoms with Crippen LogP contribution in [-0.2, 0) is 0 Å². The van der Waals surface area contributed by atoms with Crippen LogP contribution >= 0.6 is 0 Å². The summed E-state index contributed by atoms with van der Waals surface area (Å²) in [6.45, 7) is 2.30. The number of aryl methyl sites for hydroxylation is 1. The maximum Gasteiger partial charge on any atom is 0.135 e. The molecule has 0 saturated carbocycles. The molecule has 1 N–H and O–H groups in total. The molecule has 4 aromatic carbocycles. The molecule has 1 atom stereocenters. The molecule has 0 saturated heterocycles. The highest BCUT2D eigenvalue weighted by Crippen LogP contribution is 2.36. The third-order valence-electron chi connectivity index (χ3n) is 4.54. The van der Waals surface area contributed by atoms with Gasteiger partial charge in [0.1, 0.15) is 18.5 Å². The first-order valence-electron chi connectivity index (χ1n) is 8.50. The Morgan fingerprint density at radius 3 is 2.36 bits per heavy atom. The molecule has 25 heavy (non-hydrogen) atoms. The molecule has 4 rings (SSSR count). The third-order valence-corrected chi connectivity index (χ3v) is 4.54. The number of fused-ring (bicyclic) bond motifs is 2. The van der Waals surface area contributed by atoms with Gasteiger partial charge in [-0.25, -0.2) is 0 Å². The first-order valence-corrected chi connectivity index (χ1v) is 8.50. The standard InChI is InChI=1S/C23H20O2/c1-16-11-12-19-14-18-9-5-6-10-20(18)23(21(19)13-16)25-15-22(24)17-7-3-2-4-8-17/h2-14,22,24H,15H2,1H3. The molecule has 0 aliphatic carbocycles. The van der Waals surface area contributed by atoms with E-state index in [1.54, 1.807) is 0 Å². The first kappa shape index (κ1) is 15.7. The fourth-order valence-electron chi connectivity index (χ4n) is 3.22. The van der Waals surface area contributed by atoms with Crippen LogP contribution < -0.4 is 4.74 Å². The van der Waals surface area contributed by atoms with E-state index >= 15 is 0 Å². The number of rotatable bonds is 4. The molecule has 0 aliphatic rings. The lowest BCUT2D eigenvalue weighted by molar-refractivity contribution is 0.110. The molecular formula is C23H20O2. The van der Waals surface area contributed by atoms with Gasteiger partial charge in [0.2, 0.25) is 0 Å². The second kappa shape index (κ2) is 6.58. The number of aliphatic hydroxyl groups is 1. The minimum absolute atomic E-state index is 0.223. The van der Waals surface area contributed by atoms with Gasteiger partial charge < -0.3 is 9.84 Å². The minimum atomic E-state index is -0.653. The van der Waals surface area contributed by atoms with Crippen molar-refractivity contribution in [1.29, 1.82) is 0 Å². The Balaban J connectivity index is 1.77. The molecule has 0 aromatic heterocycles. The highest BCUT2D eigenvalue weighted by Gasteiger charge is 2.13. The number of hydrogen-bond donors (Lipinski definition) is 1. The van der Waals surface area contributed by atoms with Crippen molar-refractivity contribution in [3.63, 3.8) is 0 Å². The topological polar surface area (TPSA) is 29.5 Å².